The van der Waals surface area contributed by atoms with Crippen molar-refractivity contribution in [3.8, 4) is 11.5 Å². The Morgan fingerprint density at radius 3 is 2.65 bits per heavy atom. The maximum absolute atomic E-state index is 12.1. The minimum atomic E-state index is -0.569. The van der Waals surface area contributed by atoms with Crippen molar-refractivity contribution in [2.75, 3.05) is 0 Å². The number of carbonyl (C=O) groups excluding carboxylic acids is 1. The third-order valence-electron chi connectivity index (χ3n) is 2.31. The average molecular weight is 406 g/mol. The van der Waals surface area contributed by atoms with E-state index >= 15 is 0 Å². The van der Waals surface area contributed by atoms with E-state index in [-0.39, 0.29) is 0 Å². The van der Waals surface area contributed by atoms with E-state index in [1.807, 2.05) is 20.8 Å². The second kappa shape index (κ2) is 5.73. The molecule has 20 heavy (non-hydrogen) atoms. The van der Waals surface area contributed by atoms with Gasteiger partial charge in [-0.3, -0.25) is 0 Å². The Balaban J connectivity index is 2.34. The second-order valence-electron chi connectivity index (χ2n) is 5.15. The molecule has 2 heterocycles. The van der Waals surface area contributed by atoms with Gasteiger partial charge in [-0.25, -0.2) is 4.79 Å². The molecule has 0 spiro atoms. The number of halogens is 2. The lowest BCUT2D eigenvalue weighted by Crippen LogP contribution is -2.28. The SMILES string of the molecule is CC(C)(C)OC(=O)n1nc(-c2ccc(Br)o2)cc1CBr. The summed E-state index contributed by atoms with van der Waals surface area (Å²) in [6, 6.07) is 5.34. The van der Waals surface area contributed by atoms with Crippen LogP contribution in [0.1, 0.15) is 26.5 Å². The molecule has 0 radical (unpaired) electrons. The second-order valence-corrected chi connectivity index (χ2v) is 6.49. The summed E-state index contributed by atoms with van der Waals surface area (Å²) in [5, 5.41) is 4.73. The zero-order chi connectivity index (χ0) is 14.9. The minimum Gasteiger partial charge on any atom is -0.448 e. The molecular weight excluding hydrogens is 392 g/mol. The van der Waals surface area contributed by atoms with Gasteiger partial charge >= 0.3 is 6.09 Å². The van der Waals surface area contributed by atoms with Crippen molar-refractivity contribution >= 4 is 38.0 Å². The van der Waals surface area contributed by atoms with Crippen molar-refractivity contribution in [1.29, 1.82) is 0 Å². The Kier molecular flexibility index (Phi) is 4.39. The molecule has 0 aliphatic heterocycles. The highest BCUT2D eigenvalue weighted by Crippen LogP contribution is 2.25. The van der Waals surface area contributed by atoms with Crippen molar-refractivity contribution in [2.24, 2.45) is 0 Å². The number of carbonyl (C=O) groups is 1. The molecule has 0 fully saturated rings. The maximum atomic E-state index is 12.1. The van der Waals surface area contributed by atoms with E-state index in [0.717, 1.165) is 0 Å². The Morgan fingerprint density at radius 2 is 2.15 bits per heavy atom. The average Bonchev–Trinajstić information content (AvgIpc) is 2.92. The molecule has 0 saturated heterocycles. The van der Waals surface area contributed by atoms with Crippen LogP contribution < -0.4 is 0 Å². The summed E-state index contributed by atoms with van der Waals surface area (Å²) in [5.74, 6) is 0.585. The summed E-state index contributed by atoms with van der Waals surface area (Å²) < 4.78 is 12.6. The third-order valence-corrected chi connectivity index (χ3v) is 3.31. The van der Waals surface area contributed by atoms with Crippen molar-refractivity contribution < 1.29 is 13.9 Å². The van der Waals surface area contributed by atoms with E-state index in [1.165, 1.54) is 4.68 Å². The molecule has 2 aromatic heterocycles. The summed E-state index contributed by atoms with van der Waals surface area (Å²) in [6.07, 6.45) is -0.510. The molecule has 5 nitrogen and oxygen atoms in total. The summed E-state index contributed by atoms with van der Waals surface area (Å²) in [7, 11) is 0. The smallest absolute Gasteiger partial charge is 0.435 e. The summed E-state index contributed by atoms with van der Waals surface area (Å²) in [6.45, 7) is 5.44. The maximum Gasteiger partial charge on any atom is 0.435 e. The number of furan rings is 1. The fourth-order valence-electron chi connectivity index (χ4n) is 1.55. The molecule has 0 amide bonds. The molecule has 7 heteroatoms. The topological polar surface area (TPSA) is 57.3 Å². The van der Waals surface area contributed by atoms with Crippen LogP contribution in [0.25, 0.3) is 11.5 Å². The monoisotopic (exact) mass is 404 g/mol. The number of aromatic nitrogens is 2. The first-order valence-electron chi connectivity index (χ1n) is 5.94. The molecule has 0 aromatic carbocycles. The van der Waals surface area contributed by atoms with Crippen LogP contribution in [0.5, 0.6) is 0 Å². The van der Waals surface area contributed by atoms with Gasteiger partial charge in [0, 0.05) is 5.33 Å². The molecule has 2 aromatic rings. The molecule has 0 aliphatic rings. The van der Waals surface area contributed by atoms with Crippen molar-refractivity contribution in [3.05, 3.63) is 28.6 Å². The van der Waals surface area contributed by atoms with Crippen LogP contribution in [0.15, 0.2) is 27.3 Å². The van der Waals surface area contributed by atoms with Crippen LogP contribution in [0.2, 0.25) is 0 Å². The Morgan fingerprint density at radius 1 is 1.45 bits per heavy atom. The summed E-state index contributed by atoms with van der Waals surface area (Å²) in [4.78, 5) is 12.1. The van der Waals surface area contributed by atoms with Gasteiger partial charge in [-0.15, -0.1) is 0 Å². The van der Waals surface area contributed by atoms with Gasteiger partial charge in [0.2, 0.25) is 0 Å². The number of nitrogens with zero attached hydrogens (tertiary/aromatic N) is 2. The first kappa shape index (κ1) is 15.3. The van der Waals surface area contributed by atoms with E-state index in [9.17, 15) is 4.79 Å². The Bertz CT molecular complexity index is 626. The number of hydrogen-bond donors (Lipinski definition) is 0. The summed E-state index contributed by atoms with van der Waals surface area (Å²) >= 11 is 6.58. The molecule has 0 saturated carbocycles. The van der Waals surface area contributed by atoms with E-state index in [1.54, 1.807) is 18.2 Å². The van der Waals surface area contributed by atoms with Gasteiger partial charge in [0.15, 0.2) is 10.4 Å². The first-order chi connectivity index (χ1) is 9.30. The lowest BCUT2D eigenvalue weighted by Gasteiger charge is -2.19. The highest BCUT2D eigenvalue weighted by molar-refractivity contribution is 9.10. The zero-order valence-corrected chi connectivity index (χ0v) is 14.5. The third kappa shape index (κ3) is 3.52. The first-order valence-corrected chi connectivity index (χ1v) is 7.85. The highest BCUT2D eigenvalue weighted by atomic mass is 79.9. The van der Waals surface area contributed by atoms with Gasteiger partial charge in [0.1, 0.15) is 11.3 Å². The van der Waals surface area contributed by atoms with Crippen LogP contribution in [0.4, 0.5) is 4.79 Å². The molecular formula is C13H14Br2N2O3. The molecule has 0 N–H and O–H groups in total. The van der Waals surface area contributed by atoms with Gasteiger partial charge in [0.25, 0.3) is 0 Å². The van der Waals surface area contributed by atoms with Crippen molar-refractivity contribution in [3.63, 3.8) is 0 Å². The molecule has 0 atom stereocenters. The minimum absolute atomic E-state index is 0.487. The van der Waals surface area contributed by atoms with E-state index in [4.69, 9.17) is 9.15 Å². The Labute approximate surface area is 133 Å². The molecule has 2 rings (SSSR count). The molecule has 0 bridgehead atoms. The number of hydrogen-bond acceptors (Lipinski definition) is 4. The van der Waals surface area contributed by atoms with Crippen molar-refractivity contribution in [2.45, 2.75) is 31.7 Å². The van der Waals surface area contributed by atoms with E-state index in [0.29, 0.717) is 27.1 Å². The van der Waals surface area contributed by atoms with Crippen LogP contribution >= 0.6 is 31.9 Å². The van der Waals surface area contributed by atoms with Gasteiger partial charge in [-0.1, -0.05) is 15.9 Å². The highest BCUT2D eigenvalue weighted by Gasteiger charge is 2.22. The standard InChI is InChI=1S/C13H14Br2N2O3/c1-13(2,3)20-12(18)17-8(7-14)6-9(16-17)10-4-5-11(15)19-10/h4-6H,7H2,1-3H3. The Hall–Kier alpha value is -1.08. The lowest BCUT2D eigenvalue weighted by atomic mass is 10.2. The fraction of sp³-hybridized carbons (Fsp3) is 0.385. The van der Waals surface area contributed by atoms with E-state index in [2.05, 4.69) is 37.0 Å². The van der Waals surface area contributed by atoms with Crippen LogP contribution in [0, 0.1) is 0 Å². The lowest BCUT2D eigenvalue weighted by molar-refractivity contribution is 0.0511. The fourth-order valence-corrected chi connectivity index (χ4v) is 2.26. The molecule has 0 unspecified atom stereocenters. The van der Waals surface area contributed by atoms with Crippen molar-refractivity contribution in [1.82, 2.24) is 9.78 Å². The number of ether oxygens (including phenoxy) is 1. The predicted octanol–water partition coefficient (Wildman–Crippen LogP) is 4.58. The molecule has 0 aliphatic carbocycles. The predicted molar refractivity (Wildman–Crippen MR) is 81.9 cm³/mol. The van der Waals surface area contributed by atoms with Gasteiger partial charge in [-0.05, 0) is 54.9 Å². The van der Waals surface area contributed by atoms with Gasteiger partial charge in [-0.2, -0.15) is 9.78 Å². The zero-order valence-electron chi connectivity index (χ0n) is 11.3. The number of alkyl halides is 1. The number of rotatable bonds is 2. The van der Waals surface area contributed by atoms with Crippen LogP contribution in [-0.2, 0) is 10.1 Å². The normalized spacial score (nSPS) is 11.7. The van der Waals surface area contributed by atoms with Crippen LogP contribution in [-0.4, -0.2) is 21.5 Å². The summed E-state index contributed by atoms with van der Waals surface area (Å²) in [5.41, 5.74) is 0.707. The quantitative estimate of drug-likeness (QED) is 0.686. The van der Waals surface area contributed by atoms with Crippen LogP contribution in [0.3, 0.4) is 0 Å². The largest absolute Gasteiger partial charge is 0.448 e. The van der Waals surface area contributed by atoms with E-state index < -0.39 is 11.7 Å². The molecule has 108 valence electrons. The van der Waals surface area contributed by atoms with Gasteiger partial charge < -0.3 is 9.15 Å². The van der Waals surface area contributed by atoms with Gasteiger partial charge in [0.05, 0.1) is 5.69 Å².